The minimum atomic E-state index is 0.887. The zero-order chi connectivity index (χ0) is 77.4. The van der Waals surface area contributed by atoms with Crippen LogP contribution in [0, 0.1) is 27.7 Å². The number of anilines is 1. The van der Waals surface area contributed by atoms with Crippen LogP contribution in [0.15, 0.2) is 425 Å². The topological polar surface area (TPSA) is 12.5 Å². The highest BCUT2D eigenvalue weighted by atomic mass is 16.5. The van der Waals surface area contributed by atoms with Gasteiger partial charge >= 0.3 is 0 Å². The van der Waals surface area contributed by atoms with Crippen molar-refractivity contribution >= 4 is 27.2 Å². The Morgan fingerprint density at radius 2 is 0.398 bits per heavy atom. The van der Waals surface area contributed by atoms with E-state index in [1.807, 2.05) is 12.1 Å². The number of hydrogen-bond donors (Lipinski definition) is 0. The maximum atomic E-state index is 5.49. The summed E-state index contributed by atoms with van der Waals surface area (Å²) in [6.07, 6.45) is 0. The Bertz CT molecular complexity index is 5760. The summed E-state index contributed by atoms with van der Waals surface area (Å²) in [6.45, 7) is 8.88. The van der Waals surface area contributed by atoms with Crippen LogP contribution < -0.4 is 9.64 Å². The van der Waals surface area contributed by atoms with E-state index in [1.165, 1.54) is 183 Å². The van der Waals surface area contributed by atoms with E-state index in [-0.39, 0.29) is 0 Å². The molecule has 0 N–H and O–H groups in total. The van der Waals surface area contributed by atoms with E-state index in [1.54, 1.807) is 7.11 Å². The van der Waals surface area contributed by atoms with Crippen LogP contribution in [0.4, 0.5) is 5.69 Å². The van der Waals surface area contributed by atoms with Crippen LogP contribution in [0.5, 0.6) is 5.75 Å². The molecule has 0 saturated carbocycles. The molecule has 0 heterocycles. The van der Waals surface area contributed by atoms with Crippen molar-refractivity contribution in [3.05, 3.63) is 447 Å². The molecule has 0 amide bonds. The third-order valence-electron chi connectivity index (χ3n) is 21.6. The first-order valence-corrected chi connectivity index (χ1v) is 38.9. The Labute approximate surface area is 667 Å². The summed E-state index contributed by atoms with van der Waals surface area (Å²) < 4.78 is 5.49. The quantitative estimate of drug-likeness (QED) is 0.108. The lowest BCUT2D eigenvalue weighted by Gasteiger charge is -2.19. The molecule has 0 aliphatic heterocycles. The lowest BCUT2D eigenvalue weighted by molar-refractivity contribution is 0.415. The van der Waals surface area contributed by atoms with Crippen LogP contribution in [0.2, 0.25) is 0 Å². The molecule has 0 unspecified atom stereocenters. The number of nitrogens with zero attached hydrogens (tertiary/aromatic N) is 1. The number of benzene rings is 18. The summed E-state index contributed by atoms with van der Waals surface area (Å²) in [5.74, 6) is 0.887. The zero-order valence-electron chi connectivity index (χ0n) is 65.3. The van der Waals surface area contributed by atoms with Gasteiger partial charge in [-0.05, 0) is 278 Å². The first kappa shape index (κ1) is 74.5. The molecule has 18 rings (SSSR count). The van der Waals surface area contributed by atoms with Crippen LogP contribution in [-0.2, 0) is 0 Å². The highest BCUT2D eigenvalue weighted by Gasteiger charge is 2.18. The second-order valence-corrected chi connectivity index (χ2v) is 29.0. The molecule has 2 heteroatoms. The van der Waals surface area contributed by atoms with Crippen molar-refractivity contribution < 1.29 is 4.74 Å². The summed E-state index contributed by atoms with van der Waals surface area (Å²) >= 11 is 0. The number of methoxy groups -OCH3 is 1. The second-order valence-electron chi connectivity index (χ2n) is 29.0. The maximum Gasteiger partial charge on any atom is 0.120 e. The van der Waals surface area contributed by atoms with Crippen molar-refractivity contribution in [1.29, 1.82) is 0 Å². The van der Waals surface area contributed by atoms with Gasteiger partial charge in [0.15, 0.2) is 0 Å². The Balaban J connectivity index is 0.000000125. The van der Waals surface area contributed by atoms with Gasteiger partial charge < -0.3 is 9.64 Å². The molecule has 0 aliphatic rings. The fraction of sp³-hybridized carbons (Fsp3) is 0.0631. The molecular formula is C111H91NO. The van der Waals surface area contributed by atoms with E-state index >= 15 is 0 Å². The smallest absolute Gasteiger partial charge is 0.120 e. The van der Waals surface area contributed by atoms with Crippen LogP contribution in [0.25, 0.3) is 155 Å². The molecule has 0 radical (unpaired) electrons. The van der Waals surface area contributed by atoms with Gasteiger partial charge in [0, 0.05) is 19.8 Å². The Hall–Kier alpha value is -13.9. The van der Waals surface area contributed by atoms with Gasteiger partial charge in [-0.1, -0.05) is 352 Å². The van der Waals surface area contributed by atoms with Crippen LogP contribution >= 0.6 is 0 Å². The van der Waals surface area contributed by atoms with Crippen LogP contribution in [-0.4, -0.2) is 21.2 Å². The SMILES string of the molecule is COc1cc(-c2ccccc2)c(C)c(-c2ccccc2)c1.Cc1c(-c2cc(-c3ccccc3)cc(-c3ccccc3)c2)cccc1-c1cc(-c2ccccc2)cc(-c2ccccc2)c1.Cc1c(-c2ccc3ccccc3c2)cccc1-c1ccc2ccccc2c1.Cc1c(-c2ccccc2)cc(N(C)C)cc1-c1ccccc1. The van der Waals surface area contributed by atoms with Crippen LogP contribution in [0.3, 0.4) is 0 Å². The molecule has 0 fully saturated rings. The molecule has 18 aromatic rings. The van der Waals surface area contributed by atoms with Crippen molar-refractivity contribution in [3.8, 4) is 139 Å². The third-order valence-corrected chi connectivity index (χ3v) is 21.6. The molecule has 546 valence electrons. The maximum absolute atomic E-state index is 5.49. The van der Waals surface area contributed by atoms with E-state index in [0.29, 0.717) is 0 Å². The highest BCUT2D eigenvalue weighted by Crippen LogP contribution is 2.43. The van der Waals surface area contributed by atoms with Gasteiger partial charge in [0.25, 0.3) is 0 Å². The highest BCUT2D eigenvalue weighted by molar-refractivity contribution is 5.93. The standard InChI is InChI=1S/C43H32.C27H20.C21H21N.C20H18O/c1-31-42(40-27-36(32-15-6-2-7-16-32)25-37(28-40)33-17-8-3-9-18-33)23-14-24-43(31)41-29-38(34-19-10-4-11-20-34)26-39(30-41)35-21-12-5-13-22-35;1-19-26(24-15-13-20-7-2-4-9-22(20)17-24)11-6-12-27(19)25-16-14-21-8-3-5-10-23(21)18-25;1-16-20(17-10-6-4-7-11-17)14-19(22(2)3)15-21(16)18-12-8-5-9-13-18;1-15-19(16-9-5-3-6-10-16)13-18(21-2)14-20(15)17-11-7-4-8-12-17/h2-30H,1H3;2-18H,1H3;4-15H,1-3H3;3-14H,1-2H3. The number of ether oxygens (including phenoxy) is 1. The Morgan fingerprint density at radius 1 is 0.168 bits per heavy atom. The molecule has 0 aliphatic carbocycles. The molecule has 0 aromatic heterocycles. The van der Waals surface area contributed by atoms with Gasteiger partial charge in [-0.25, -0.2) is 0 Å². The second kappa shape index (κ2) is 35.2. The molecule has 2 nitrogen and oxygen atoms in total. The van der Waals surface area contributed by atoms with E-state index in [0.717, 1.165) is 5.75 Å². The third kappa shape index (κ3) is 17.4. The van der Waals surface area contributed by atoms with Crippen molar-refractivity contribution in [1.82, 2.24) is 0 Å². The van der Waals surface area contributed by atoms with Crippen molar-refractivity contribution in [2.24, 2.45) is 0 Å². The molecular weight excluding hydrogens is 1360 g/mol. The lowest BCUT2D eigenvalue weighted by Crippen LogP contribution is -2.09. The minimum absolute atomic E-state index is 0.887. The number of rotatable bonds is 14. The molecule has 0 spiro atoms. The molecule has 0 atom stereocenters. The Morgan fingerprint density at radius 3 is 0.673 bits per heavy atom. The van der Waals surface area contributed by atoms with E-state index in [4.69, 9.17) is 4.74 Å². The average Bonchev–Trinajstić information content (AvgIpc) is 0.788. The predicted molar refractivity (Wildman–Crippen MR) is 486 cm³/mol. The summed E-state index contributed by atoms with van der Waals surface area (Å²) in [5.41, 5.74) is 36.3. The van der Waals surface area contributed by atoms with Crippen molar-refractivity contribution in [2.45, 2.75) is 27.7 Å². The zero-order valence-corrected chi connectivity index (χ0v) is 65.3. The Kier molecular flexibility index (Phi) is 23.2. The number of fused-ring (bicyclic) bond motifs is 2. The van der Waals surface area contributed by atoms with Crippen LogP contribution in [0.1, 0.15) is 22.3 Å². The molecule has 0 bridgehead atoms. The molecule has 18 aromatic carbocycles. The largest absolute Gasteiger partial charge is 0.497 e. The summed E-state index contributed by atoms with van der Waals surface area (Å²) in [6, 6.07) is 151. The van der Waals surface area contributed by atoms with Crippen molar-refractivity contribution in [2.75, 3.05) is 26.1 Å². The monoisotopic (exact) mass is 1450 g/mol. The molecule has 113 heavy (non-hydrogen) atoms. The fourth-order valence-electron chi connectivity index (χ4n) is 15.4. The van der Waals surface area contributed by atoms with Gasteiger partial charge in [0.1, 0.15) is 5.75 Å². The summed E-state index contributed by atoms with van der Waals surface area (Å²) in [5, 5.41) is 5.13. The van der Waals surface area contributed by atoms with E-state index < -0.39 is 0 Å². The first-order valence-electron chi connectivity index (χ1n) is 38.9. The first-order chi connectivity index (χ1) is 55.5. The average molecular weight is 1450 g/mol. The molecule has 0 saturated heterocycles. The van der Waals surface area contributed by atoms with Crippen molar-refractivity contribution in [3.63, 3.8) is 0 Å². The predicted octanol–water partition coefficient (Wildman–Crippen LogP) is 30.4. The van der Waals surface area contributed by atoms with Gasteiger partial charge in [-0.2, -0.15) is 0 Å². The normalized spacial score (nSPS) is 10.8. The van der Waals surface area contributed by atoms with Gasteiger partial charge in [0.05, 0.1) is 7.11 Å². The van der Waals surface area contributed by atoms with Gasteiger partial charge in [-0.3, -0.25) is 0 Å². The number of hydrogen-bond acceptors (Lipinski definition) is 2. The summed E-state index contributed by atoms with van der Waals surface area (Å²) in [4.78, 5) is 2.16. The van der Waals surface area contributed by atoms with Gasteiger partial charge in [-0.15, -0.1) is 0 Å². The lowest BCUT2D eigenvalue weighted by atomic mass is 9.87. The summed E-state index contributed by atoms with van der Waals surface area (Å²) in [7, 11) is 5.90. The van der Waals surface area contributed by atoms with E-state index in [2.05, 4.69) is 459 Å². The minimum Gasteiger partial charge on any atom is -0.497 e. The van der Waals surface area contributed by atoms with Gasteiger partial charge in [0.2, 0.25) is 0 Å². The fourth-order valence-corrected chi connectivity index (χ4v) is 15.4. The van der Waals surface area contributed by atoms with E-state index in [9.17, 15) is 0 Å².